The summed E-state index contributed by atoms with van der Waals surface area (Å²) in [7, 11) is 0. The van der Waals surface area contributed by atoms with Crippen molar-refractivity contribution in [2.24, 2.45) is 0 Å². The minimum absolute atomic E-state index is 0.00204. The molecule has 0 saturated carbocycles. The number of hydrogen-bond donors (Lipinski definition) is 1. The van der Waals surface area contributed by atoms with Crippen LogP contribution in [0.15, 0.2) is 58.2 Å². The highest BCUT2D eigenvalue weighted by Gasteiger charge is 2.13. The maximum absolute atomic E-state index is 12.1. The predicted octanol–water partition coefficient (Wildman–Crippen LogP) is 4.43. The quantitative estimate of drug-likeness (QED) is 0.727. The fraction of sp³-hybridized carbons (Fsp3) is 0.125. The Bertz CT molecular complexity index is 847. The lowest BCUT2D eigenvalue weighted by Crippen LogP contribution is -2.12. The molecule has 0 unspecified atom stereocenters. The molecule has 1 N–H and O–H groups in total. The van der Waals surface area contributed by atoms with Gasteiger partial charge in [-0.3, -0.25) is 4.79 Å². The van der Waals surface area contributed by atoms with Gasteiger partial charge in [-0.15, -0.1) is 11.8 Å². The molecule has 0 aliphatic carbocycles. The highest BCUT2D eigenvalue weighted by molar-refractivity contribution is 7.99. The van der Waals surface area contributed by atoms with Gasteiger partial charge in [-0.2, -0.15) is 0 Å². The molecule has 1 aromatic heterocycles. The Morgan fingerprint density at radius 2 is 1.86 bits per heavy atom. The minimum Gasteiger partial charge on any atom is -0.309 e. The van der Waals surface area contributed by atoms with Crippen LogP contribution < -0.4 is 5.56 Å². The van der Waals surface area contributed by atoms with E-state index in [1.165, 1.54) is 0 Å². The summed E-state index contributed by atoms with van der Waals surface area (Å²) in [6.45, 7) is 2.00. The second-order valence-corrected chi connectivity index (χ2v) is 6.45. The van der Waals surface area contributed by atoms with Crippen LogP contribution in [0.25, 0.3) is 10.9 Å². The number of fused-ring (bicyclic) bond motifs is 1. The molecule has 2 aromatic carbocycles. The first-order valence-electron chi connectivity index (χ1n) is 6.55. The molecule has 0 bridgehead atoms. The number of thioether (sulfide) groups is 1. The van der Waals surface area contributed by atoms with Gasteiger partial charge in [0.2, 0.25) is 0 Å². The van der Waals surface area contributed by atoms with Gasteiger partial charge in [0.05, 0.1) is 21.2 Å². The lowest BCUT2D eigenvalue weighted by molar-refractivity contribution is 0.923. The van der Waals surface area contributed by atoms with Crippen molar-refractivity contribution >= 4 is 34.3 Å². The number of H-pyrrole nitrogens is 1. The van der Waals surface area contributed by atoms with Gasteiger partial charge in [-0.05, 0) is 31.2 Å². The van der Waals surface area contributed by atoms with E-state index in [1.54, 1.807) is 17.8 Å². The van der Waals surface area contributed by atoms with E-state index in [4.69, 9.17) is 11.6 Å². The standard InChI is InChI=1S/C16H13ClN2OS/c1-10(21-14-9-5-3-7-12(14)17)15-18-13-8-4-2-6-11(13)16(20)19-15/h2-10H,1H3,(H,18,19,20)/t10-/m1/s1. The van der Waals surface area contributed by atoms with Crippen molar-refractivity contribution in [2.45, 2.75) is 17.1 Å². The molecule has 0 aliphatic heterocycles. The van der Waals surface area contributed by atoms with Gasteiger partial charge < -0.3 is 4.98 Å². The lowest BCUT2D eigenvalue weighted by Gasteiger charge is -2.12. The first kappa shape index (κ1) is 14.2. The third-order valence-corrected chi connectivity index (χ3v) is 4.79. The summed E-state index contributed by atoms with van der Waals surface area (Å²) in [5.41, 5.74) is 0.602. The Kier molecular flexibility index (Phi) is 3.99. The molecule has 1 heterocycles. The zero-order valence-electron chi connectivity index (χ0n) is 11.3. The fourth-order valence-electron chi connectivity index (χ4n) is 2.08. The van der Waals surface area contributed by atoms with Gasteiger partial charge >= 0.3 is 0 Å². The van der Waals surface area contributed by atoms with E-state index in [0.717, 1.165) is 4.90 Å². The Morgan fingerprint density at radius 3 is 2.67 bits per heavy atom. The van der Waals surface area contributed by atoms with Gasteiger partial charge in [0.1, 0.15) is 5.82 Å². The SMILES string of the molecule is C[C@@H](Sc1ccccc1Cl)c1nc2ccccc2c(=O)[nH]1. The molecule has 3 rings (SSSR count). The average molecular weight is 317 g/mol. The van der Waals surface area contributed by atoms with Crippen molar-refractivity contribution in [3.8, 4) is 0 Å². The van der Waals surface area contributed by atoms with Crippen molar-refractivity contribution in [3.63, 3.8) is 0 Å². The zero-order valence-corrected chi connectivity index (χ0v) is 12.9. The molecule has 0 spiro atoms. The number of nitrogens with zero attached hydrogens (tertiary/aromatic N) is 1. The molecule has 5 heteroatoms. The van der Waals surface area contributed by atoms with Gasteiger partial charge in [0.15, 0.2) is 0 Å². The highest BCUT2D eigenvalue weighted by atomic mass is 35.5. The number of aromatic nitrogens is 2. The molecule has 0 aliphatic rings. The first-order chi connectivity index (χ1) is 10.1. The second kappa shape index (κ2) is 5.92. The van der Waals surface area contributed by atoms with Crippen LogP contribution in [0.3, 0.4) is 0 Å². The molecule has 0 amide bonds. The van der Waals surface area contributed by atoms with Gasteiger partial charge in [-0.25, -0.2) is 4.98 Å². The molecular formula is C16H13ClN2OS. The van der Waals surface area contributed by atoms with Crippen molar-refractivity contribution in [3.05, 3.63) is 69.7 Å². The summed E-state index contributed by atoms with van der Waals surface area (Å²) in [5, 5.41) is 1.32. The summed E-state index contributed by atoms with van der Waals surface area (Å²) in [6.07, 6.45) is 0. The number of para-hydroxylation sites is 1. The molecule has 3 nitrogen and oxygen atoms in total. The molecular weight excluding hydrogens is 304 g/mol. The van der Waals surface area contributed by atoms with Crippen molar-refractivity contribution in [1.29, 1.82) is 0 Å². The third kappa shape index (κ3) is 2.96. The summed E-state index contributed by atoms with van der Waals surface area (Å²) in [5.74, 6) is 0.656. The average Bonchev–Trinajstić information content (AvgIpc) is 2.49. The number of nitrogens with one attached hydrogen (secondary N) is 1. The normalized spacial score (nSPS) is 12.5. The second-order valence-electron chi connectivity index (χ2n) is 4.66. The largest absolute Gasteiger partial charge is 0.309 e. The molecule has 0 saturated heterocycles. The smallest absolute Gasteiger partial charge is 0.258 e. The van der Waals surface area contributed by atoms with E-state index in [9.17, 15) is 4.79 Å². The number of aromatic amines is 1. The summed E-state index contributed by atoms with van der Waals surface area (Å²) in [6, 6.07) is 15.0. The van der Waals surface area contributed by atoms with E-state index in [0.29, 0.717) is 21.7 Å². The molecule has 0 radical (unpaired) electrons. The van der Waals surface area contributed by atoms with Gasteiger partial charge in [0, 0.05) is 4.90 Å². The Morgan fingerprint density at radius 1 is 1.14 bits per heavy atom. The van der Waals surface area contributed by atoms with Crippen LogP contribution in [0.2, 0.25) is 5.02 Å². The lowest BCUT2D eigenvalue weighted by atomic mass is 10.2. The Hall–Kier alpha value is -1.78. The Labute approximate surface area is 131 Å². The number of halogens is 1. The highest BCUT2D eigenvalue weighted by Crippen LogP contribution is 2.36. The summed E-state index contributed by atoms with van der Waals surface area (Å²) < 4.78 is 0. The number of benzene rings is 2. The van der Waals surface area contributed by atoms with Crippen LogP contribution in [0.4, 0.5) is 0 Å². The van der Waals surface area contributed by atoms with Crippen LogP contribution in [-0.2, 0) is 0 Å². The van der Waals surface area contributed by atoms with E-state index >= 15 is 0 Å². The fourth-order valence-corrected chi connectivity index (χ4v) is 3.29. The maximum atomic E-state index is 12.1. The van der Waals surface area contributed by atoms with Gasteiger partial charge in [-0.1, -0.05) is 35.9 Å². The molecule has 0 fully saturated rings. The molecule has 3 aromatic rings. The van der Waals surface area contributed by atoms with Crippen LogP contribution in [0.5, 0.6) is 0 Å². The van der Waals surface area contributed by atoms with Crippen molar-refractivity contribution in [1.82, 2.24) is 9.97 Å². The van der Waals surface area contributed by atoms with Crippen LogP contribution in [-0.4, -0.2) is 9.97 Å². The molecule has 21 heavy (non-hydrogen) atoms. The van der Waals surface area contributed by atoms with Crippen LogP contribution in [0.1, 0.15) is 18.0 Å². The van der Waals surface area contributed by atoms with E-state index < -0.39 is 0 Å². The van der Waals surface area contributed by atoms with Crippen molar-refractivity contribution in [2.75, 3.05) is 0 Å². The predicted molar refractivity (Wildman–Crippen MR) is 88.1 cm³/mol. The number of hydrogen-bond acceptors (Lipinski definition) is 3. The first-order valence-corrected chi connectivity index (χ1v) is 7.81. The van der Waals surface area contributed by atoms with E-state index in [2.05, 4.69) is 9.97 Å². The zero-order chi connectivity index (χ0) is 14.8. The number of rotatable bonds is 3. The molecule has 1 atom stereocenters. The van der Waals surface area contributed by atoms with Crippen LogP contribution in [0, 0.1) is 0 Å². The minimum atomic E-state index is -0.109. The van der Waals surface area contributed by atoms with Crippen LogP contribution >= 0.6 is 23.4 Å². The van der Waals surface area contributed by atoms with E-state index in [1.807, 2.05) is 49.4 Å². The monoisotopic (exact) mass is 316 g/mol. The third-order valence-electron chi connectivity index (χ3n) is 3.16. The van der Waals surface area contributed by atoms with Crippen molar-refractivity contribution < 1.29 is 0 Å². The topological polar surface area (TPSA) is 45.8 Å². The maximum Gasteiger partial charge on any atom is 0.258 e. The molecule has 106 valence electrons. The summed E-state index contributed by atoms with van der Waals surface area (Å²) >= 11 is 7.74. The van der Waals surface area contributed by atoms with E-state index in [-0.39, 0.29) is 10.8 Å². The summed E-state index contributed by atoms with van der Waals surface area (Å²) in [4.78, 5) is 20.5. The Balaban J connectivity index is 1.97. The van der Waals surface area contributed by atoms with Gasteiger partial charge in [0.25, 0.3) is 5.56 Å².